The van der Waals surface area contributed by atoms with Crippen molar-refractivity contribution in [3.05, 3.63) is 35.6 Å². The summed E-state index contributed by atoms with van der Waals surface area (Å²) in [4.78, 5) is 11.9. The molecular formula is C15H21FN2O2S. The van der Waals surface area contributed by atoms with Crippen molar-refractivity contribution in [1.29, 1.82) is 0 Å². The molecule has 6 heteroatoms. The molecule has 2 rings (SSSR count). The van der Waals surface area contributed by atoms with Crippen LogP contribution in [-0.4, -0.2) is 43.7 Å². The van der Waals surface area contributed by atoms with Crippen LogP contribution >= 0.6 is 11.8 Å². The van der Waals surface area contributed by atoms with Crippen LogP contribution in [0, 0.1) is 5.82 Å². The second-order valence-corrected chi connectivity index (χ2v) is 6.16. The van der Waals surface area contributed by atoms with Gasteiger partial charge < -0.3 is 15.4 Å². The molecule has 0 bridgehead atoms. The third-order valence-corrected chi connectivity index (χ3v) is 4.57. The van der Waals surface area contributed by atoms with Crippen molar-refractivity contribution < 1.29 is 13.9 Å². The van der Waals surface area contributed by atoms with Crippen molar-refractivity contribution in [1.82, 2.24) is 10.6 Å². The minimum absolute atomic E-state index is 0.0131. The Morgan fingerprint density at radius 3 is 2.90 bits per heavy atom. The summed E-state index contributed by atoms with van der Waals surface area (Å²) >= 11 is 1.87. The summed E-state index contributed by atoms with van der Waals surface area (Å²) in [6.07, 6.45) is 0.218. The van der Waals surface area contributed by atoms with Crippen molar-refractivity contribution in [2.24, 2.45) is 0 Å². The summed E-state index contributed by atoms with van der Waals surface area (Å²) < 4.78 is 18.3. The molecule has 1 saturated heterocycles. The van der Waals surface area contributed by atoms with E-state index in [9.17, 15) is 9.18 Å². The largest absolute Gasteiger partial charge is 0.375 e. The monoisotopic (exact) mass is 312 g/mol. The van der Waals surface area contributed by atoms with Gasteiger partial charge >= 0.3 is 0 Å². The molecule has 0 aliphatic carbocycles. The molecule has 0 saturated carbocycles. The third-order valence-electron chi connectivity index (χ3n) is 3.44. The molecule has 1 aliphatic heterocycles. The number of rotatable bonds is 6. The van der Waals surface area contributed by atoms with E-state index in [1.54, 1.807) is 19.2 Å². The Labute approximate surface area is 128 Å². The molecule has 2 N–H and O–H groups in total. The van der Waals surface area contributed by atoms with E-state index in [2.05, 4.69) is 10.6 Å². The molecule has 1 aromatic rings. The van der Waals surface area contributed by atoms with E-state index in [1.165, 1.54) is 12.1 Å². The second-order valence-electron chi connectivity index (χ2n) is 5.01. The maximum Gasteiger partial charge on any atom is 0.221 e. The fraction of sp³-hybridized carbons (Fsp3) is 0.533. The Hall–Kier alpha value is -1.11. The van der Waals surface area contributed by atoms with Crippen LogP contribution in [0.3, 0.4) is 0 Å². The number of methoxy groups -OCH3 is 1. The lowest BCUT2D eigenvalue weighted by Gasteiger charge is -2.23. The summed E-state index contributed by atoms with van der Waals surface area (Å²) in [5, 5.41) is 6.22. The number of hydrogen-bond donors (Lipinski definition) is 2. The zero-order chi connectivity index (χ0) is 15.1. The maximum absolute atomic E-state index is 12.9. The fourth-order valence-electron chi connectivity index (χ4n) is 2.27. The number of amides is 1. The number of ether oxygens (including phenoxy) is 1. The van der Waals surface area contributed by atoms with Gasteiger partial charge in [0.25, 0.3) is 0 Å². The van der Waals surface area contributed by atoms with Crippen molar-refractivity contribution in [3.8, 4) is 0 Å². The van der Waals surface area contributed by atoms with Crippen LogP contribution < -0.4 is 10.6 Å². The van der Waals surface area contributed by atoms with E-state index in [-0.39, 0.29) is 23.9 Å². The molecule has 1 heterocycles. The van der Waals surface area contributed by atoms with E-state index in [4.69, 9.17) is 4.74 Å². The number of halogens is 1. The van der Waals surface area contributed by atoms with Crippen LogP contribution in [0.1, 0.15) is 18.1 Å². The Bertz CT molecular complexity index is 449. The highest BCUT2D eigenvalue weighted by Crippen LogP contribution is 2.16. The van der Waals surface area contributed by atoms with Gasteiger partial charge in [0.2, 0.25) is 5.91 Å². The number of hydrogen-bond acceptors (Lipinski definition) is 4. The standard InChI is InChI=1S/C15H21FN2O2S/c1-20-14(11-2-4-12(16)5-3-11)9-18-15(19)8-13-10-21-7-6-17-13/h2-5,13-14,17H,6-10H2,1H3,(H,18,19). The maximum atomic E-state index is 12.9. The number of carbonyl (C=O) groups is 1. The average molecular weight is 312 g/mol. The Morgan fingerprint density at radius 1 is 1.52 bits per heavy atom. The number of thioether (sulfide) groups is 1. The molecule has 2 unspecified atom stereocenters. The minimum Gasteiger partial charge on any atom is -0.375 e. The smallest absolute Gasteiger partial charge is 0.221 e. The zero-order valence-corrected chi connectivity index (χ0v) is 12.9. The molecule has 1 amide bonds. The van der Waals surface area contributed by atoms with Crippen molar-refractivity contribution >= 4 is 17.7 Å². The molecule has 0 aromatic heterocycles. The molecular weight excluding hydrogens is 291 g/mol. The van der Waals surface area contributed by atoms with Gasteiger partial charge in [-0.1, -0.05) is 12.1 Å². The Kier molecular flexibility index (Phi) is 6.48. The van der Waals surface area contributed by atoms with E-state index < -0.39 is 0 Å². The van der Waals surface area contributed by atoms with Gasteiger partial charge in [-0.25, -0.2) is 4.39 Å². The molecule has 0 radical (unpaired) electrons. The average Bonchev–Trinajstić information content (AvgIpc) is 2.50. The van der Waals surface area contributed by atoms with Gasteiger partial charge in [0, 0.05) is 44.2 Å². The number of carbonyl (C=O) groups excluding carboxylic acids is 1. The highest BCUT2D eigenvalue weighted by atomic mass is 32.2. The SMILES string of the molecule is COC(CNC(=O)CC1CSCCN1)c1ccc(F)cc1. The quantitative estimate of drug-likeness (QED) is 0.840. The summed E-state index contributed by atoms with van der Waals surface area (Å²) in [6.45, 7) is 1.35. The van der Waals surface area contributed by atoms with Crippen molar-refractivity contribution in [3.63, 3.8) is 0 Å². The van der Waals surface area contributed by atoms with Crippen LogP contribution in [0.15, 0.2) is 24.3 Å². The third kappa shape index (κ3) is 5.30. The molecule has 116 valence electrons. The van der Waals surface area contributed by atoms with Gasteiger partial charge in [-0.3, -0.25) is 4.79 Å². The van der Waals surface area contributed by atoms with Crippen LogP contribution in [0.25, 0.3) is 0 Å². The highest BCUT2D eigenvalue weighted by molar-refractivity contribution is 7.99. The molecule has 1 fully saturated rings. The first-order valence-electron chi connectivity index (χ1n) is 7.05. The van der Waals surface area contributed by atoms with Crippen LogP contribution in [0.2, 0.25) is 0 Å². The highest BCUT2D eigenvalue weighted by Gasteiger charge is 2.18. The van der Waals surface area contributed by atoms with Crippen LogP contribution in [0.4, 0.5) is 4.39 Å². The van der Waals surface area contributed by atoms with E-state index in [0.717, 1.165) is 23.6 Å². The van der Waals surface area contributed by atoms with Gasteiger partial charge in [0.05, 0.1) is 6.10 Å². The van der Waals surface area contributed by atoms with E-state index >= 15 is 0 Å². The van der Waals surface area contributed by atoms with Gasteiger partial charge in [-0.05, 0) is 17.7 Å². The topological polar surface area (TPSA) is 50.4 Å². The summed E-state index contributed by atoms with van der Waals surface area (Å²) in [5.41, 5.74) is 0.852. The Balaban J connectivity index is 1.79. The minimum atomic E-state index is -0.279. The van der Waals surface area contributed by atoms with Gasteiger partial charge in [-0.2, -0.15) is 11.8 Å². The number of nitrogens with one attached hydrogen (secondary N) is 2. The lowest BCUT2D eigenvalue weighted by Crippen LogP contribution is -2.42. The first-order valence-corrected chi connectivity index (χ1v) is 8.20. The summed E-state index contributed by atoms with van der Waals surface area (Å²) in [7, 11) is 1.58. The van der Waals surface area contributed by atoms with Gasteiger partial charge in [0.1, 0.15) is 5.82 Å². The lowest BCUT2D eigenvalue weighted by molar-refractivity contribution is -0.122. The van der Waals surface area contributed by atoms with Gasteiger partial charge in [-0.15, -0.1) is 0 Å². The lowest BCUT2D eigenvalue weighted by atomic mass is 10.1. The zero-order valence-electron chi connectivity index (χ0n) is 12.1. The molecule has 1 aliphatic rings. The molecule has 2 atom stereocenters. The fourth-order valence-corrected chi connectivity index (χ4v) is 3.22. The van der Waals surface area contributed by atoms with Crippen LogP contribution in [0.5, 0.6) is 0 Å². The van der Waals surface area contributed by atoms with E-state index in [0.29, 0.717) is 13.0 Å². The molecule has 21 heavy (non-hydrogen) atoms. The van der Waals surface area contributed by atoms with Crippen molar-refractivity contribution in [2.75, 3.05) is 31.7 Å². The van der Waals surface area contributed by atoms with E-state index in [1.807, 2.05) is 11.8 Å². The first-order chi connectivity index (χ1) is 10.2. The normalized spacial score (nSPS) is 20.0. The molecule has 4 nitrogen and oxygen atoms in total. The number of benzene rings is 1. The second kappa shape index (κ2) is 8.36. The predicted octanol–water partition coefficient (Wildman–Crippen LogP) is 1.72. The van der Waals surface area contributed by atoms with Crippen molar-refractivity contribution in [2.45, 2.75) is 18.6 Å². The molecule has 1 aromatic carbocycles. The first kappa shape index (κ1) is 16.3. The van der Waals surface area contributed by atoms with Crippen LogP contribution in [-0.2, 0) is 9.53 Å². The van der Waals surface area contributed by atoms with Gasteiger partial charge in [0.15, 0.2) is 0 Å². The predicted molar refractivity (Wildman–Crippen MR) is 82.9 cm³/mol. The molecule has 0 spiro atoms. The summed E-state index contributed by atoms with van der Waals surface area (Å²) in [6, 6.07) is 6.39. The Morgan fingerprint density at radius 2 is 2.29 bits per heavy atom. The summed E-state index contributed by atoms with van der Waals surface area (Å²) in [5.74, 6) is 1.81.